The first kappa shape index (κ1) is 15.0. The molecule has 2 aliphatic heterocycles. The molecule has 0 spiro atoms. The summed E-state index contributed by atoms with van der Waals surface area (Å²) in [5, 5.41) is 4.29. The highest BCUT2D eigenvalue weighted by Gasteiger charge is 2.42. The molecular formula is C12H16F3N3O2S. The Bertz CT molecular complexity index is 482. The van der Waals surface area contributed by atoms with Gasteiger partial charge in [0.25, 0.3) is 0 Å². The van der Waals surface area contributed by atoms with Crippen molar-refractivity contribution in [1.82, 2.24) is 9.88 Å². The molecule has 2 saturated heterocycles. The summed E-state index contributed by atoms with van der Waals surface area (Å²) in [5.74, 6) is 0. The lowest BCUT2D eigenvalue weighted by Crippen LogP contribution is -2.66. The van der Waals surface area contributed by atoms with Gasteiger partial charge in [0.1, 0.15) is 0 Å². The highest BCUT2D eigenvalue weighted by Crippen LogP contribution is 2.32. The monoisotopic (exact) mass is 323 g/mol. The first-order valence-electron chi connectivity index (χ1n) is 6.67. The normalized spacial score (nSPS) is 22.8. The van der Waals surface area contributed by atoms with Crippen LogP contribution in [-0.2, 0) is 15.7 Å². The van der Waals surface area contributed by atoms with Crippen LogP contribution >= 0.6 is 11.3 Å². The first-order chi connectivity index (χ1) is 10.00. The summed E-state index contributed by atoms with van der Waals surface area (Å²) in [4.78, 5) is 5.87. The van der Waals surface area contributed by atoms with Gasteiger partial charge < -0.3 is 14.8 Å². The van der Waals surface area contributed by atoms with Crippen molar-refractivity contribution in [1.29, 1.82) is 0 Å². The number of halogens is 3. The molecule has 0 unspecified atom stereocenters. The SMILES string of the molecule is FC(F)(F)c1csc(NCC23COCCN2CCOC3)n1. The van der Waals surface area contributed by atoms with Gasteiger partial charge >= 0.3 is 6.18 Å². The number of ether oxygens (including phenoxy) is 2. The van der Waals surface area contributed by atoms with Crippen LogP contribution in [0.25, 0.3) is 0 Å². The van der Waals surface area contributed by atoms with E-state index in [4.69, 9.17) is 9.47 Å². The van der Waals surface area contributed by atoms with Crippen LogP contribution in [0.15, 0.2) is 5.38 Å². The molecule has 0 radical (unpaired) electrons. The number of anilines is 1. The second-order valence-corrected chi connectivity index (χ2v) is 6.06. The third-order valence-electron chi connectivity index (χ3n) is 3.79. The fourth-order valence-corrected chi connectivity index (χ4v) is 3.34. The largest absolute Gasteiger partial charge is 0.434 e. The third kappa shape index (κ3) is 3.15. The van der Waals surface area contributed by atoms with Crippen LogP contribution < -0.4 is 5.32 Å². The van der Waals surface area contributed by atoms with Gasteiger partial charge in [0.05, 0.1) is 32.0 Å². The second-order valence-electron chi connectivity index (χ2n) is 5.21. The van der Waals surface area contributed by atoms with Crippen molar-refractivity contribution in [2.45, 2.75) is 11.7 Å². The smallest absolute Gasteiger partial charge is 0.378 e. The van der Waals surface area contributed by atoms with E-state index >= 15 is 0 Å². The molecule has 9 heteroatoms. The van der Waals surface area contributed by atoms with Gasteiger partial charge in [-0.15, -0.1) is 11.3 Å². The van der Waals surface area contributed by atoms with Gasteiger partial charge in [-0.05, 0) is 0 Å². The molecule has 1 N–H and O–H groups in total. The molecule has 118 valence electrons. The topological polar surface area (TPSA) is 46.6 Å². The van der Waals surface area contributed by atoms with Crippen LogP contribution in [-0.4, -0.2) is 61.5 Å². The third-order valence-corrected chi connectivity index (χ3v) is 4.59. The van der Waals surface area contributed by atoms with E-state index < -0.39 is 11.9 Å². The van der Waals surface area contributed by atoms with Crippen molar-refractivity contribution in [2.75, 3.05) is 51.4 Å². The molecule has 2 fully saturated rings. The number of morpholine rings is 2. The Labute approximate surface area is 124 Å². The standard InChI is InChI=1S/C12H16F3N3O2S/c13-12(14,15)9-5-21-10(17-9)16-6-11-7-19-3-1-18(11)2-4-20-8-11/h5H,1-4,6-8H2,(H,16,17). The predicted octanol–water partition coefficient (Wildman–Crippen LogP) is 1.67. The number of aromatic nitrogens is 1. The predicted molar refractivity (Wildman–Crippen MR) is 71.5 cm³/mol. The number of nitrogens with one attached hydrogen (secondary N) is 1. The van der Waals surface area contributed by atoms with Gasteiger partial charge in [0.15, 0.2) is 10.8 Å². The summed E-state index contributed by atoms with van der Waals surface area (Å²) in [6.45, 7) is 4.47. The fraction of sp³-hybridized carbons (Fsp3) is 0.750. The molecule has 0 aromatic carbocycles. The molecule has 3 heterocycles. The van der Waals surface area contributed by atoms with Gasteiger partial charge in [-0.2, -0.15) is 13.2 Å². The zero-order valence-electron chi connectivity index (χ0n) is 11.3. The highest BCUT2D eigenvalue weighted by molar-refractivity contribution is 7.13. The maximum atomic E-state index is 12.5. The fourth-order valence-electron chi connectivity index (χ4n) is 2.62. The molecule has 0 aliphatic carbocycles. The highest BCUT2D eigenvalue weighted by atomic mass is 32.1. The minimum Gasteiger partial charge on any atom is -0.378 e. The van der Waals surface area contributed by atoms with Gasteiger partial charge in [0, 0.05) is 25.0 Å². The van der Waals surface area contributed by atoms with Crippen molar-refractivity contribution in [2.24, 2.45) is 0 Å². The van der Waals surface area contributed by atoms with Gasteiger partial charge in [-0.25, -0.2) is 4.98 Å². The maximum absolute atomic E-state index is 12.5. The minimum absolute atomic E-state index is 0.271. The minimum atomic E-state index is -4.40. The van der Waals surface area contributed by atoms with E-state index in [9.17, 15) is 13.2 Å². The number of nitrogens with zero attached hydrogens (tertiary/aromatic N) is 2. The van der Waals surface area contributed by atoms with Crippen molar-refractivity contribution in [3.05, 3.63) is 11.1 Å². The lowest BCUT2D eigenvalue weighted by molar-refractivity contribution is -0.140. The Morgan fingerprint density at radius 3 is 2.52 bits per heavy atom. The van der Waals surface area contributed by atoms with Crippen LogP contribution in [0.4, 0.5) is 18.3 Å². The average Bonchev–Trinajstić information content (AvgIpc) is 2.94. The molecule has 1 aromatic rings. The number of rotatable bonds is 3. The Morgan fingerprint density at radius 1 is 1.29 bits per heavy atom. The first-order valence-corrected chi connectivity index (χ1v) is 7.55. The van der Waals surface area contributed by atoms with E-state index in [1.165, 1.54) is 0 Å². The van der Waals surface area contributed by atoms with Gasteiger partial charge in [0.2, 0.25) is 0 Å². The summed E-state index contributed by atoms with van der Waals surface area (Å²) in [5.41, 5.74) is -1.18. The molecule has 0 saturated carbocycles. The number of thiazole rings is 1. The Morgan fingerprint density at radius 2 is 1.95 bits per heavy atom. The molecular weight excluding hydrogens is 307 g/mol. The maximum Gasteiger partial charge on any atom is 0.434 e. The Balaban J connectivity index is 1.66. The number of hydrogen-bond donors (Lipinski definition) is 1. The van der Waals surface area contributed by atoms with E-state index in [-0.39, 0.29) is 10.7 Å². The quantitative estimate of drug-likeness (QED) is 0.917. The van der Waals surface area contributed by atoms with Crippen molar-refractivity contribution < 1.29 is 22.6 Å². The van der Waals surface area contributed by atoms with Crippen molar-refractivity contribution >= 4 is 16.5 Å². The lowest BCUT2D eigenvalue weighted by atomic mass is 9.96. The van der Waals surface area contributed by atoms with Crippen molar-refractivity contribution in [3.63, 3.8) is 0 Å². The Kier molecular flexibility index (Phi) is 4.08. The van der Waals surface area contributed by atoms with E-state index in [0.717, 1.165) is 29.8 Å². The molecule has 0 bridgehead atoms. The van der Waals surface area contributed by atoms with Crippen molar-refractivity contribution in [3.8, 4) is 0 Å². The van der Waals surface area contributed by atoms with Crippen LogP contribution in [0.5, 0.6) is 0 Å². The molecule has 0 atom stereocenters. The number of hydrogen-bond acceptors (Lipinski definition) is 6. The summed E-state index contributed by atoms with van der Waals surface area (Å²) in [6, 6.07) is 0. The summed E-state index contributed by atoms with van der Waals surface area (Å²) < 4.78 is 48.7. The van der Waals surface area contributed by atoms with Gasteiger partial charge in [-0.1, -0.05) is 0 Å². The second kappa shape index (κ2) is 5.71. The molecule has 3 rings (SSSR count). The van der Waals surface area contributed by atoms with E-state index in [1.54, 1.807) is 0 Å². The summed E-state index contributed by atoms with van der Waals surface area (Å²) in [6.07, 6.45) is -4.40. The molecule has 5 nitrogen and oxygen atoms in total. The van der Waals surface area contributed by atoms with Crippen LogP contribution in [0.2, 0.25) is 0 Å². The zero-order valence-corrected chi connectivity index (χ0v) is 12.1. The number of alkyl halides is 3. The van der Waals surface area contributed by atoms with E-state index in [0.29, 0.717) is 33.0 Å². The molecule has 2 aliphatic rings. The lowest BCUT2D eigenvalue weighted by Gasteiger charge is -2.49. The van der Waals surface area contributed by atoms with Crippen LogP contribution in [0.1, 0.15) is 5.69 Å². The van der Waals surface area contributed by atoms with E-state index in [2.05, 4.69) is 15.2 Å². The zero-order chi connectivity index (χ0) is 14.9. The molecule has 0 amide bonds. The molecule has 21 heavy (non-hydrogen) atoms. The van der Waals surface area contributed by atoms with Crippen LogP contribution in [0, 0.1) is 0 Å². The number of fused-ring (bicyclic) bond motifs is 1. The van der Waals surface area contributed by atoms with Gasteiger partial charge in [-0.3, -0.25) is 4.90 Å². The molecule has 1 aromatic heterocycles. The summed E-state index contributed by atoms with van der Waals surface area (Å²) >= 11 is 0.959. The summed E-state index contributed by atoms with van der Waals surface area (Å²) in [7, 11) is 0. The average molecular weight is 323 g/mol. The Hall–Kier alpha value is -0.900. The van der Waals surface area contributed by atoms with E-state index in [1.807, 2.05) is 0 Å². The van der Waals surface area contributed by atoms with Crippen LogP contribution in [0.3, 0.4) is 0 Å².